The van der Waals surface area contributed by atoms with Crippen LogP contribution in [-0.4, -0.2) is 24.3 Å². The minimum Gasteiger partial charge on any atom is -0.445 e. The molecule has 2 N–H and O–H groups in total. The zero-order valence-corrected chi connectivity index (χ0v) is 14.4. The Kier molecular flexibility index (Phi) is 6.69. The van der Waals surface area contributed by atoms with Crippen LogP contribution in [0.3, 0.4) is 0 Å². The lowest BCUT2D eigenvalue weighted by molar-refractivity contribution is -0.117. The number of nitrogens with one attached hydrogen (secondary N) is 2. The Morgan fingerprint density at radius 3 is 2.46 bits per heavy atom. The van der Waals surface area contributed by atoms with Crippen molar-refractivity contribution in [2.75, 3.05) is 11.6 Å². The Labute approximate surface area is 145 Å². The maximum atomic E-state index is 12.2. The standard InChI is InChI=1S/C18H20N2O3S/c1-13(17(21)20-15-10-6-7-11-16(15)24-2)19-18(22)23-12-14-8-4-3-5-9-14/h3-11,13H,12H2,1-2H3,(H,19,22)(H,20,21)/t13-/m1/s1. The summed E-state index contributed by atoms with van der Waals surface area (Å²) in [5.41, 5.74) is 1.61. The summed E-state index contributed by atoms with van der Waals surface area (Å²) in [5.74, 6) is -0.298. The van der Waals surface area contributed by atoms with Gasteiger partial charge in [-0.2, -0.15) is 0 Å². The molecule has 0 saturated carbocycles. The minimum absolute atomic E-state index is 0.163. The molecule has 0 unspecified atom stereocenters. The summed E-state index contributed by atoms with van der Waals surface area (Å²) >= 11 is 1.54. The molecule has 0 aliphatic rings. The van der Waals surface area contributed by atoms with Gasteiger partial charge in [0.05, 0.1) is 5.69 Å². The number of hydrogen-bond acceptors (Lipinski definition) is 4. The molecule has 2 aromatic carbocycles. The molecule has 0 spiro atoms. The molecule has 0 bridgehead atoms. The van der Waals surface area contributed by atoms with Crippen molar-refractivity contribution in [2.24, 2.45) is 0 Å². The largest absolute Gasteiger partial charge is 0.445 e. The fraction of sp³-hybridized carbons (Fsp3) is 0.222. The number of ether oxygens (including phenoxy) is 1. The lowest BCUT2D eigenvalue weighted by atomic mass is 10.2. The molecular formula is C18H20N2O3S. The van der Waals surface area contributed by atoms with E-state index in [0.717, 1.165) is 16.1 Å². The zero-order chi connectivity index (χ0) is 17.4. The van der Waals surface area contributed by atoms with Gasteiger partial charge in [0.2, 0.25) is 5.91 Å². The topological polar surface area (TPSA) is 67.4 Å². The average molecular weight is 344 g/mol. The molecule has 0 saturated heterocycles. The zero-order valence-electron chi connectivity index (χ0n) is 13.6. The second kappa shape index (κ2) is 8.98. The summed E-state index contributed by atoms with van der Waals surface area (Å²) in [6.45, 7) is 1.77. The van der Waals surface area contributed by atoms with E-state index in [1.54, 1.807) is 18.7 Å². The van der Waals surface area contributed by atoms with E-state index in [0.29, 0.717) is 0 Å². The molecule has 0 aliphatic heterocycles. The number of benzene rings is 2. The van der Waals surface area contributed by atoms with Gasteiger partial charge in [0.1, 0.15) is 12.6 Å². The van der Waals surface area contributed by atoms with Gasteiger partial charge in [0, 0.05) is 4.90 Å². The van der Waals surface area contributed by atoms with Crippen molar-refractivity contribution in [1.29, 1.82) is 0 Å². The van der Waals surface area contributed by atoms with E-state index in [4.69, 9.17) is 4.74 Å². The Bertz CT molecular complexity index is 692. The van der Waals surface area contributed by atoms with E-state index in [-0.39, 0.29) is 12.5 Å². The first-order valence-electron chi connectivity index (χ1n) is 7.51. The fourth-order valence-electron chi connectivity index (χ4n) is 2.00. The van der Waals surface area contributed by atoms with E-state index in [1.165, 1.54) is 0 Å². The van der Waals surface area contributed by atoms with Crippen molar-refractivity contribution in [2.45, 2.75) is 24.5 Å². The van der Waals surface area contributed by atoms with E-state index in [1.807, 2.05) is 60.9 Å². The van der Waals surface area contributed by atoms with E-state index < -0.39 is 12.1 Å². The Hall–Kier alpha value is -2.47. The summed E-state index contributed by atoms with van der Waals surface area (Å²) < 4.78 is 5.11. The van der Waals surface area contributed by atoms with Crippen LogP contribution in [0.4, 0.5) is 10.5 Å². The quantitative estimate of drug-likeness (QED) is 0.785. The molecule has 5 nitrogen and oxygen atoms in total. The van der Waals surface area contributed by atoms with Crippen LogP contribution in [-0.2, 0) is 16.1 Å². The van der Waals surface area contributed by atoms with Crippen molar-refractivity contribution < 1.29 is 14.3 Å². The number of anilines is 1. The predicted molar refractivity (Wildman–Crippen MR) is 96.1 cm³/mol. The van der Waals surface area contributed by atoms with Gasteiger partial charge < -0.3 is 15.4 Å². The molecule has 0 fully saturated rings. The van der Waals surface area contributed by atoms with E-state index in [9.17, 15) is 9.59 Å². The number of amides is 2. The van der Waals surface area contributed by atoms with Crippen LogP contribution in [0, 0.1) is 0 Å². The molecule has 126 valence electrons. The SMILES string of the molecule is CSc1ccccc1NC(=O)[C@@H](C)NC(=O)OCc1ccccc1. The van der Waals surface area contributed by atoms with Crippen molar-refractivity contribution in [3.05, 3.63) is 60.2 Å². The number of carbonyl (C=O) groups excluding carboxylic acids is 2. The third-order valence-corrected chi connectivity index (χ3v) is 4.10. The fourth-order valence-corrected chi connectivity index (χ4v) is 2.55. The first-order chi connectivity index (χ1) is 11.6. The highest BCUT2D eigenvalue weighted by Gasteiger charge is 2.17. The lowest BCUT2D eigenvalue weighted by Crippen LogP contribution is -2.41. The van der Waals surface area contributed by atoms with Crippen molar-refractivity contribution in [3.8, 4) is 0 Å². The van der Waals surface area contributed by atoms with Crippen LogP contribution < -0.4 is 10.6 Å². The third kappa shape index (κ3) is 5.31. The molecular weight excluding hydrogens is 324 g/mol. The molecule has 0 aromatic heterocycles. The van der Waals surface area contributed by atoms with Crippen LogP contribution in [0.1, 0.15) is 12.5 Å². The van der Waals surface area contributed by atoms with Gasteiger partial charge >= 0.3 is 6.09 Å². The summed E-state index contributed by atoms with van der Waals surface area (Å²) in [4.78, 5) is 25.0. The minimum atomic E-state index is -0.705. The molecule has 2 aromatic rings. The normalized spacial score (nSPS) is 11.4. The van der Waals surface area contributed by atoms with Crippen molar-refractivity contribution >= 4 is 29.4 Å². The maximum absolute atomic E-state index is 12.2. The first-order valence-corrected chi connectivity index (χ1v) is 8.73. The van der Waals surface area contributed by atoms with E-state index >= 15 is 0 Å². The van der Waals surface area contributed by atoms with Gasteiger partial charge in [-0.25, -0.2) is 4.79 Å². The van der Waals surface area contributed by atoms with Gasteiger partial charge in [-0.05, 0) is 30.9 Å². The van der Waals surface area contributed by atoms with Gasteiger partial charge in [-0.3, -0.25) is 4.79 Å². The van der Waals surface area contributed by atoms with Crippen LogP contribution in [0.5, 0.6) is 0 Å². The number of hydrogen-bond donors (Lipinski definition) is 2. The van der Waals surface area contributed by atoms with E-state index in [2.05, 4.69) is 10.6 Å². The van der Waals surface area contributed by atoms with Crippen LogP contribution >= 0.6 is 11.8 Å². The van der Waals surface area contributed by atoms with Crippen LogP contribution in [0.15, 0.2) is 59.5 Å². The predicted octanol–water partition coefficient (Wildman–Crippen LogP) is 3.66. The second-order valence-corrected chi connectivity index (χ2v) is 5.97. The van der Waals surface area contributed by atoms with Crippen molar-refractivity contribution in [3.63, 3.8) is 0 Å². The lowest BCUT2D eigenvalue weighted by Gasteiger charge is -2.15. The summed E-state index contributed by atoms with van der Waals surface area (Å²) in [6.07, 6.45) is 1.31. The summed E-state index contributed by atoms with van der Waals surface area (Å²) in [7, 11) is 0. The summed E-state index contributed by atoms with van der Waals surface area (Å²) in [5, 5.41) is 5.34. The van der Waals surface area contributed by atoms with Gasteiger partial charge in [0.15, 0.2) is 0 Å². The van der Waals surface area contributed by atoms with Crippen molar-refractivity contribution in [1.82, 2.24) is 5.32 Å². The number of rotatable bonds is 6. The third-order valence-electron chi connectivity index (χ3n) is 3.31. The highest BCUT2D eigenvalue weighted by Crippen LogP contribution is 2.24. The highest BCUT2D eigenvalue weighted by molar-refractivity contribution is 7.98. The van der Waals surface area contributed by atoms with Gasteiger partial charge in [-0.15, -0.1) is 11.8 Å². The number of carbonyl (C=O) groups is 2. The Morgan fingerprint density at radius 1 is 1.08 bits per heavy atom. The second-order valence-electron chi connectivity index (χ2n) is 5.12. The molecule has 6 heteroatoms. The van der Waals surface area contributed by atoms with Gasteiger partial charge in [-0.1, -0.05) is 42.5 Å². The summed E-state index contributed by atoms with van der Waals surface area (Å²) in [6, 6.07) is 16.2. The number of para-hydroxylation sites is 1. The maximum Gasteiger partial charge on any atom is 0.408 e. The number of thioether (sulfide) groups is 1. The highest BCUT2D eigenvalue weighted by atomic mass is 32.2. The molecule has 0 aliphatic carbocycles. The molecule has 2 rings (SSSR count). The van der Waals surface area contributed by atoms with Crippen LogP contribution in [0.25, 0.3) is 0 Å². The smallest absolute Gasteiger partial charge is 0.408 e. The van der Waals surface area contributed by atoms with Gasteiger partial charge in [0.25, 0.3) is 0 Å². The molecule has 1 atom stereocenters. The van der Waals surface area contributed by atoms with Crippen LogP contribution in [0.2, 0.25) is 0 Å². The molecule has 0 radical (unpaired) electrons. The monoisotopic (exact) mass is 344 g/mol. The molecule has 2 amide bonds. The average Bonchev–Trinajstić information content (AvgIpc) is 2.61. The molecule has 0 heterocycles. The molecule has 24 heavy (non-hydrogen) atoms. The Morgan fingerprint density at radius 2 is 1.75 bits per heavy atom. The number of alkyl carbamates (subject to hydrolysis) is 1. The Balaban J connectivity index is 1.83. The first kappa shape index (κ1) is 17.9.